The van der Waals surface area contributed by atoms with E-state index in [0.29, 0.717) is 16.3 Å². The summed E-state index contributed by atoms with van der Waals surface area (Å²) in [5.41, 5.74) is 2.05. The van der Waals surface area contributed by atoms with Gasteiger partial charge < -0.3 is 5.32 Å². The molecule has 0 aliphatic rings. The van der Waals surface area contributed by atoms with Crippen LogP contribution in [0.15, 0.2) is 54.9 Å². The number of benzene rings is 2. The van der Waals surface area contributed by atoms with E-state index in [0.717, 1.165) is 5.56 Å². The largest absolute Gasteiger partial charge is 0.345 e. The van der Waals surface area contributed by atoms with E-state index in [1.807, 2.05) is 31.2 Å². The Kier molecular flexibility index (Phi) is 4.34. The van der Waals surface area contributed by atoms with Gasteiger partial charge in [-0.3, -0.25) is 4.79 Å². The van der Waals surface area contributed by atoms with E-state index in [4.69, 9.17) is 11.6 Å². The van der Waals surface area contributed by atoms with Gasteiger partial charge in [0.15, 0.2) is 0 Å². The summed E-state index contributed by atoms with van der Waals surface area (Å²) in [6.45, 7) is 1.91. The molecule has 1 heterocycles. The summed E-state index contributed by atoms with van der Waals surface area (Å²) in [7, 11) is 0. The molecule has 1 amide bonds. The zero-order valence-electron chi connectivity index (χ0n) is 12.3. The van der Waals surface area contributed by atoms with Gasteiger partial charge in [-0.2, -0.15) is 4.68 Å². The van der Waals surface area contributed by atoms with Crippen molar-refractivity contribution in [1.82, 2.24) is 25.5 Å². The monoisotopic (exact) mass is 327 g/mol. The number of carbonyl (C=O) groups is 1. The first-order valence-electron chi connectivity index (χ1n) is 7.04. The molecule has 3 aromatic rings. The van der Waals surface area contributed by atoms with Crippen LogP contribution in [0.5, 0.6) is 0 Å². The second-order valence-corrected chi connectivity index (χ2v) is 5.46. The third-order valence-corrected chi connectivity index (χ3v) is 3.68. The second kappa shape index (κ2) is 6.58. The van der Waals surface area contributed by atoms with E-state index >= 15 is 0 Å². The lowest BCUT2D eigenvalue weighted by Crippen LogP contribution is -2.27. The predicted molar refractivity (Wildman–Crippen MR) is 86.5 cm³/mol. The zero-order valence-corrected chi connectivity index (χ0v) is 13.1. The summed E-state index contributed by atoms with van der Waals surface area (Å²) < 4.78 is 1.46. The second-order valence-electron chi connectivity index (χ2n) is 5.02. The van der Waals surface area contributed by atoms with Crippen molar-refractivity contribution in [2.45, 2.75) is 13.0 Å². The number of hydrogen-bond acceptors (Lipinski definition) is 4. The topological polar surface area (TPSA) is 72.7 Å². The van der Waals surface area contributed by atoms with Crippen LogP contribution in [0.4, 0.5) is 0 Å². The minimum absolute atomic E-state index is 0.178. The number of tetrazole rings is 1. The minimum Gasteiger partial charge on any atom is -0.345 e. The van der Waals surface area contributed by atoms with Gasteiger partial charge in [0.25, 0.3) is 5.91 Å². The van der Waals surface area contributed by atoms with Crippen molar-refractivity contribution < 1.29 is 4.79 Å². The third kappa shape index (κ3) is 3.37. The summed E-state index contributed by atoms with van der Waals surface area (Å²) in [4.78, 5) is 12.6. The minimum atomic E-state index is -0.205. The lowest BCUT2D eigenvalue weighted by Gasteiger charge is -2.16. The number of halogens is 1. The number of rotatable bonds is 4. The summed E-state index contributed by atoms with van der Waals surface area (Å²) in [6.07, 6.45) is 1.45. The molecular weight excluding hydrogens is 314 g/mol. The molecule has 7 heteroatoms. The molecule has 23 heavy (non-hydrogen) atoms. The number of aromatic nitrogens is 4. The van der Waals surface area contributed by atoms with Crippen molar-refractivity contribution >= 4 is 17.5 Å². The number of amides is 1. The fraction of sp³-hybridized carbons (Fsp3) is 0.125. The van der Waals surface area contributed by atoms with Gasteiger partial charge in [0, 0.05) is 5.02 Å². The zero-order chi connectivity index (χ0) is 16.2. The highest BCUT2D eigenvalue weighted by Gasteiger charge is 2.16. The Morgan fingerprint density at radius 2 is 2.04 bits per heavy atom. The molecule has 6 nitrogen and oxygen atoms in total. The fourth-order valence-electron chi connectivity index (χ4n) is 2.27. The number of nitrogens with zero attached hydrogens (tertiary/aromatic N) is 4. The van der Waals surface area contributed by atoms with Crippen LogP contribution in [0, 0.1) is 0 Å². The third-order valence-electron chi connectivity index (χ3n) is 3.44. The Hall–Kier alpha value is -2.73. The van der Waals surface area contributed by atoms with Gasteiger partial charge in [0.05, 0.1) is 17.3 Å². The molecule has 0 unspecified atom stereocenters. The van der Waals surface area contributed by atoms with Gasteiger partial charge in [0.1, 0.15) is 6.33 Å². The summed E-state index contributed by atoms with van der Waals surface area (Å²) in [5.74, 6) is -0.205. The quantitative estimate of drug-likeness (QED) is 0.799. The first-order valence-corrected chi connectivity index (χ1v) is 7.41. The van der Waals surface area contributed by atoms with Crippen LogP contribution in [0.1, 0.15) is 28.9 Å². The maximum absolute atomic E-state index is 12.6. The van der Waals surface area contributed by atoms with E-state index in [1.54, 1.807) is 24.3 Å². The van der Waals surface area contributed by atoms with Gasteiger partial charge in [-0.15, -0.1) is 5.10 Å². The highest BCUT2D eigenvalue weighted by atomic mass is 35.5. The molecular formula is C16H14ClN5O. The molecule has 116 valence electrons. The van der Waals surface area contributed by atoms with Crippen LogP contribution in [0.3, 0.4) is 0 Å². The molecule has 3 rings (SSSR count). The van der Waals surface area contributed by atoms with Crippen molar-refractivity contribution in [1.29, 1.82) is 0 Å². The normalized spacial score (nSPS) is 11.9. The van der Waals surface area contributed by atoms with E-state index in [-0.39, 0.29) is 11.9 Å². The molecule has 0 bridgehead atoms. The molecule has 1 N–H and O–H groups in total. The summed E-state index contributed by atoms with van der Waals surface area (Å²) in [5, 5.41) is 14.6. The highest BCUT2D eigenvalue weighted by molar-refractivity contribution is 6.30. The molecule has 2 aromatic carbocycles. The van der Waals surface area contributed by atoms with Crippen LogP contribution < -0.4 is 5.32 Å². The molecule has 1 atom stereocenters. The van der Waals surface area contributed by atoms with Crippen molar-refractivity contribution in [3.63, 3.8) is 0 Å². The van der Waals surface area contributed by atoms with E-state index in [9.17, 15) is 4.79 Å². The van der Waals surface area contributed by atoms with Gasteiger partial charge in [-0.1, -0.05) is 35.9 Å². The Bertz CT molecular complexity index is 819. The molecule has 0 spiro atoms. The molecule has 0 aliphatic carbocycles. The van der Waals surface area contributed by atoms with E-state index in [1.165, 1.54) is 11.0 Å². The fourth-order valence-corrected chi connectivity index (χ4v) is 2.47. The predicted octanol–water partition coefficient (Wildman–Crippen LogP) is 2.81. The van der Waals surface area contributed by atoms with Gasteiger partial charge in [-0.05, 0) is 47.2 Å². The SMILES string of the molecule is C[C@H](NC(=O)c1ccccc1-n1cnnn1)c1cccc(Cl)c1. The van der Waals surface area contributed by atoms with Crippen molar-refractivity contribution in [2.75, 3.05) is 0 Å². The molecule has 0 aliphatic heterocycles. The number of carbonyl (C=O) groups excluding carboxylic acids is 1. The van der Waals surface area contributed by atoms with Crippen LogP contribution >= 0.6 is 11.6 Å². The van der Waals surface area contributed by atoms with E-state index in [2.05, 4.69) is 20.8 Å². The van der Waals surface area contributed by atoms with Crippen LogP contribution in [-0.4, -0.2) is 26.1 Å². The van der Waals surface area contributed by atoms with Crippen LogP contribution in [-0.2, 0) is 0 Å². The average molecular weight is 328 g/mol. The lowest BCUT2D eigenvalue weighted by molar-refractivity contribution is 0.0939. The van der Waals surface area contributed by atoms with Gasteiger partial charge >= 0.3 is 0 Å². The van der Waals surface area contributed by atoms with Gasteiger partial charge in [-0.25, -0.2) is 0 Å². The Balaban J connectivity index is 1.84. The summed E-state index contributed by atoms with van der Waals surface area (Å²) >= 11 is 6.00. The Morgan fingerprint density at radius 3 is 2.78 bits per heavy atom. The molecule has 1 aromatic heterocycles. The van der Waals surface area contributed by atoms with Gasteiger partial charge in [0.2, 0.25) is 0 Å². The van der Waals surface area contributed by atoms with Crippen LogP contribution in [0.25, 0.3) is 5.69 Å². The summed E-state index contributed by atoms with van der Waals surface area (Å²) in [6, 6.07) is 14.4. The first-order chi connectivity index (χ1) is 11.1. The van der Waals surface area contributed by atoms with E-state index < -0.39 is 0 Å². The molecule has 0 saturated heterocycles. The number of para-hydroxylation sites is 1. The molecule has 0 saturated carbocycles. The van der Waals surface area contributed by atoms with Crippen molar-refractivity contribution in [2.24, 2.45) is 0 Å². The van der Waals surface area contributed by atoms with Crippen molar-refractivity contribution in [3.8, 4) is 5.69 Å². The number of nitrogens with one attached hydrogen (secondary N) is 1. The highest BCUT2D eigenvalue weighted by Crippen LogP contribution is 2.19. The maximum Gasteiger partial charge on any atom is 0.253 e. The smallest absolute Gasteiger partial charge is 0.253 e. The maximum atomic E-state index is 12.6. The Morgan fingerprint density at radius 1 is 1.22 bits per heavy atom. The lowest BCUT2D eigenvalue weighted by atomic mass is 10.1. The van der Waals surface area contributed by atoms with Crippen LogP contribution in [0.2, 0.25) is 5.02 Å². The number of hydrogen-bond donors (Lipinski definition) is 1. The standard InChI is InChI=1S/C16H14ClN5O/c1-11(12-5-4-6-13(17)9-12)19-16(23)14-7-2-3-8-15(14)22-10-18-20-21-22/h2-11H,1H3,(H,19,23)/t11-/m0/s1. The molecule has 0 radical (unpaired) electrons. The molecule has 0 fully saturated rings. The first kappa shape index (κ1) is 15.2. The average Bonchev–Trinajstić information content (AvgIpc) is 3.09. The Labute approximate surface area is 138 Å². The van der Waals surface area contributed by atoms with Crippen molar-refractivity contribution in [3.05, 3.63) is 71.0 Å².